The van der Waals surface area contributed by atoms with Crippen molar-refractivity contribution < 1.29 is 0 Å². The zero-order chi connectivity index (χ0) is 10.8. The van der Waals surface area contributed by atoms with E-state index in [1.54, 1.807) is 12.4 Å². The standard InChI is InChI=1S/C9H10ClN5/c1-6-7(2-11)3-12-9(14-6)15-5-8(10)4-13-15/h3-5H,2,11H2,1H3. The van der Waals surface area contributed by atoms with Crippen LogP contribution in [0.4, 0.5) is 0 Å². The minimum Gasteiger partial charge on any atom is -0.326 e. The summed E-state index contributed by atoms with van der Waals surface area (Å²) in [5, 5.41) is 4.57. The second kappa shape index (κ2) is 3.96. The van der Waals surface area contributed by atoms with Gasteiger partial charge in [0.05, 0.1) is 17.4 Å². The molecule has 15 heavy (non-hydrogen) atoms. The number of aromatic nitrogens is 4. The van der Waals surface area contributed by atoms with Crippen molar-refractivity contribution in [2.45, 2.75) is 13.5 Å². The molecule has 0 aromatic carbocycles. The lowest BCUT2D eigenvalue weighted by atomic mass is 10.2. The third-order valence-corrected chi connectivity index (χ3v) is 2.24. The maximum absolute atomic E-state index is 5.75. The largest absolute Gasteiger partial charge is 0.326 e. The average Bonchev–Trinajstić information content (AvgIpc) is 2.65. The van der Waals surface area contributed by atoms with Gasteiger partial charge in [0.15, 0.2) is 0 Å². The summed E-state index contributed by atoms with van der Waals surface area (Å²) in [5.41, 5.74) is 7.30. The predicted molar refractivity (Wildman–Crippen MR) is 56.8 cm³/mol. The minimum atomic E-state index is 0.436. The summed E-state index contributed by atoms with van der Waals surface area (Å²) in [6, 6.07) is 0. The van der Waals surface area contributed by atoms with Gasteiger partial charge in [-0.2, -0.15) is 5.10 Å². The van der Waals surface area contributed by atoms with Crippen molar-refractivity contribution >= 4 is 11.6 Å². The van der Waals surface area contributed by atoms with E-state index in [1.165, 1.54) is 10.9 Å². The second-order valence-corrected chi connectivity index (χ2v) is 3.52. The van der Waals surface area contributed by atoms with Crippen LogP contribution in [-0.2, 0) is 6.54 Å². The van der Waals surface area contributed by atoms with Crippen LogP contribution < -0.4 is 5.73 Å². The van der Waals surface area contributed by atoms with Crippen molar-refractivity contribution in [2.24, 2.45) is 5.73 Å². The highest BCUT2D eigenvalue weighted by Gasteiger charge is 2.04. The molecule has 2 heterocycles. The van der Waals surface area contributed by atoms with E-state index < -0.39 is 0 Å². The molecule has 0 spiro atoms. The first-order valence-electron chi connectivity index (χ1n) is 4.44. The topological polar surface area (TPSA) is 69.6 Å². The molecule has 2 N–H and O–H groups in total. The van der Waals surface area contributed by atoms with E-state index in [2.05, 4.69) is 15.1 Å². The van der Waals surface area contributed by atoms with Crippen LogP contribution in [0.3, 0.4) is 0 Å². The molecular weight excluding hydrogens is 214 g/mol. The Balaban J connectivity index is 2.42. The van der Waals surface area contributed by atoms with Gasteiger partial charge in [-0.1, -0.05) is 11.6 Å². The molecule has 5 nitrogen and oxygen atoms in total. The quantitative estimate of drug-likeness (QED) is 0.827. The molecule has 0 radical (unpaired) electrons. The second-order valence-electron chi connectivity index (χ2n) is 3.09. The molecule has 0 saturated heterocycles. The van der Waals surface area contributed by atoms with Gasteiger partial charge in [-0.25, -0.2) is 14.6 Å². The number of rotatable bonds is 2. The summed E-state index contributed by atoms with van der Waals surface area (Å²) in [7, 11) is 0. The van der Waals surface area contributed by atoms with Gasteiger partial charge in [-0.05, 0) is 6.92 Å². The summed E-state index contributed by atoms with van der Waals surface area (Å²) in [6.45, 7) is 2.32. The summed E-state index contributed by atoms with van der Waals surface area (Å²) < 4.78 is 1.52. The Morgan fingerprint density at radius 3 is 2.80 bits per heavy atom. The van der Waals surface area contributed by atoms with Crippen LogP contribution in [0, 0.1) is 6.92 Å². The molecule has 78 valence electrons. The first kappa shape index (κ1) is 10.1. The zero-order valence-electron chi connectivity index (χ0n) is 8.18. The van der Waals surface area contributed by atoms with Gasteiger partial charge in [-0.3, -0.25) is 0 Å². The van der Waals surface area contributed by atoms with Crippen molar-refractivity contribution in [2.75, 3.05) is 0 Å². The highest BCUT2D eigenvalue weighted by atomic mass is 35.5. The molecule has 6 heteroatoms. The summed E-state index contributed by atoms with van der Waals surface area (Å²) >= 11 is 5.75. The third-order valence-electron chi connectivity index (χ3n) is 2.04. The van der Waals surface area contributed by atoms with Gasteiger partial charge in [0.25, 0.3) is 5.95 Å². The molecule has 0 saturated carbocycles. The Morgan fingerprint density at radius 2 is 2.27 bits per heavy atom. The zero-order valence-corrected chi connectivity index (χ0v) is 8.94. The highest BCUT2D eigenvalue weighted by Crippen LogP contribution is 2.10. The Bertz CT molecular complexity index is 479. The lowest BCUT2D eigenvalue weighted by molar-refractivity contribution is 0.791. The normalized spacial score (nSPS) is 10.6. The lowest BCUT2D eigenvalue weighted by Gasteiger charge is -2.03. The molecule has 0 fully saturated rings. The number of hydrogen-bond acceptors (Lipinski definition) is 4. The summed E-state index contributed by atoms with van der Waals surface area (Å²) in [5.74, 6) is 0.497. The lowest BCUT2D eigenvalue weighted by Crippen LogP contribution is -2.07. The van der Waals surface area contributed by atoms with Crippen molar-refractivity contribution in [3.05, 3.63) is 34.9 Å². The molecular formula is C9H10ClN5. The molecule has 2 aromatic heterocycles. The van der Waals surface area contributed by atoms with Crippen LogP contribution in [0.15, 0.2) is 18.6 Å². The number of nitrogens with zero attached hydrogens (tertiary/aromatic N) is 4. The van der Waals surface area contributed by atoms with Crippen LogP contribution in [0.25, 0.3) is 5.95 Å². The van der Waals surface area contributed by atoms with E-state index in [9.17, 15) is 0 Å². The van der Waals surface area contributed by atoms with Crippen molar-refractivity contribution in [3.63, 3.8) is 0 Å². The van der Waals surface area contributed by atoms with E-state index in [-0.39, 0.29) is 0 Å². The van der Waals surface area contributed by atoms with Gasteiger partial charge in [0.1, 0.15) is 0 Å². The van der Waals surface area contributed by atoms with E-state index in [1.807, 2.05) is 6.92 Å². The van der Waals surface area contributed by atoms with Crippen LogP contribution in [-0.4, -0.2) is 19.7 Å². The molecule has 2 rings (SSSR count). The fraction of sp³-hybridized carbons (Fsp3) is 0.222. The number of halogens is 1. The highest BCUT2D eigenvalue weighted by molar-refractivity contribution is 6.30. The monoisotopic (exact) mass is 223 g/mol. The summed E-state index contributed by atoms with van der Waals surface area (Å²) in [4.78, 5) is 8.42. The predicted octanol–water partition coefficient (Wildman–Crippen LogP) is 1.08. The van der Waals surface area contributed by atoms with E-state index in [0.717, 1.165) is 11.3 Å². The Labute approximate surface area is 91.9 Å². The molecule has 2 aromatic rings. The van der Waals surface area contributed by atoms with Crippen LogP contribution in [0.1, 0.15) is 11.3 Å². The fourth-order valence-electron chi connectivity index (χ4n) is 1.20. The smallest absolute Gasteiger partial charge is 0.250 e. The number of aryl methyl sites for hydroxylation is 1. The van der Waals surface area contributed by atoms with Gasteiger partial charge in [0, 0.05) is 24.0 Å². The Hall–Kier alpha value is -1.46. The fourth-order valence-corrected chi connectivity index (χ4v) is 1.34. The van der Waals surface area contributed by atoms with Crippen LogP contribution in [0.5, 0.6) is 0 Å². The molecule has 0 unspecified atom stereocenters. The third kappa shape index (κ3) is 1.98. The van der Waals surface area contributed by atoms with E-state index in [4.69, 9.17) is 17.3 Å². The van der Waals surface area contributed by atoms with Crippen molar-refractivity contribution in [3.8, 4) is 5.95 Å². The van der Waals surface area contributed by atoms with E-state index in [0.29, 0.717) is 17.5 Å². The number of hydrogen-bond donors (Lipinski definition) is 1. The first-order chi connectivity index (χ1) is 7.20. The first-order valence-corrected chi connectivity index (χ1v) is 4.81. The Kier molecular flexibility index (Phi) is 2.66. The average molecular weight is 224 g/mol. The maximum Gasteiger partial charge on any atom is 0.250 e. The molecule has 0 atom stereocenters. The van der Waals surface area contributed by atoms with Crippen molar-refractivity contribution in [1.29, 1.82) is 0 Å². The molecule has 0 bridgehead atoms. The SMILES string of the molecule is Cc1nc(-n2cc(Cl)cn2)ncc1CN. The van der Waals surface area contributed by atoms with E-state index >= 15 is 0 Å². The van der Waals surface area contributed by atoms with Gasteiger partial charge in [-0.15, -0.1) is 0 Å². The van der Waals surface area contributed by atoms with Crippen molar-refractivity contribution in [1.82, 2.24) is 19.7 Å². The molecule has 0 aliphatic rings. The van der Waals surface area contributed by atoms with Crippen LogP contribution >= 0.6 is 11.6 Å². The van der Waals surface area contributed by atoms with Gasteiger partial charge in [0.2, 0.25) is 0 Å². The Morgan fingerprint density at radius 1 is 1.47 bits per heavy atom. The number of nitrogens with two attached hydrogens (primary N) is 1. The van der Waals surface area contributed by atoms with Gasteiger partial charge >= 0.3 is 0 Å². The maximum atomic E-state index is 5.75. The summed E-state index contributed by atoms with van der Waals surface area (Å²) in [6.07, 6.45) is 4.89. The molecule has 0 aliphatic carbocycles. The molecule has 0 amide bonds. The van der Waals surface area contributed by atoms with Gasteiger partial charge < -0.3 is 5.73 Å². The molecule has 0 aliphatic heterocycles. The minimum absolute atomic E-state index is 0.436. The van der Waals surface area contributed by atoms with Crippen LogP contribution in [0.2, 0.25) is 5.02 Å².